The van der Waals surface area contributed by atoms with Gasteiger partial charge in [-0.3, -0.25) is 9.59 Å². The lowest BCUT2D eigenvalue weighted by Crippen LogP contribution is -2.30. The first-order chi connectivity index (χ1) is 10.1. The molecular weight excluding hydrogens is 268 g/mol. The number of carbonyl (C=O) groups excluding carboxylic acids is 1. The van der Waals surface area contributed by atoms with E-state index in [1.54, 1.807) is 20.1 Å². The molecular formula is C16H18N2O3. The number of H-pyrrole nitrogens is 1. The first-order valence-corrected chi connectivity index (χ1v) is 6.65. The van der Waals surface area contributed by atoms with Gasteiger partial charge in [-0.2, -0.15) is 0 Å². The molecule has 0 fully saturated rings. The molecule has 0 aliphatic rings. The van der Waals surface area contributed by atoms with E-state index >= 15 is 0 Å². The van der Waals surface area contributed by atoms with E-state index in [4.69, 9.17) is 4.74 Å². The van der Waals surface area contributed by atoms with Gasteiger partial charge in [0.15, 0.2) is 0 Å². The Morgan fingerprint density at radius 1 is 1.24 bits per heavy atom. The number of aromatic nitrogens is 1. The standard InChI is InChI=1S/C16H18N2O3/c1-11-7-8-17-15(19)14(11)16(20)18-9-12-5-3-4-6-13(12)10-21-2/h3-8H,9-10H2,1-2H3,(H,17,19)(H,18,20). The fraction of sp³-hybridized carbons (Fsp3) is 0.250. The number of rotatable bonds is 5. The Morgan fingerprint density at radius 2 is 1.95 bits per heavy atom. The number of aromatic amines is 1. The van der Waals surface area contributed by atoms with Crippen LogP contribution in [0.3, 0.4) is 0 Å². The second kappa shape index (κ2) is 6.85. The molecule has 0 atom stereocenters. The van der Waals surface area contributed by atoms with Crippen LogP contribution < -0.4 is 10.9 Å². The number of hydrogen-bond donors (Lipinski definition) is 2. The quantitative estimate of drug-likeness (QED) is 0.879. The van der Waals surface area contributed by atoms with Gasteiger partial charge in [0.25, 0.3) is 11.5 Å². The molecule has 0 aliphatic carbocycles. The highest BCUT2D eigenvalue weighted by Gasteiger charge is 2.13. The Kier molecular flexibility index (Phi) is 4.90. The zero-order valence-corrected chi connectivity index (χ0v) is 12.1. The van der Waals surface area contributed by atoms with Crippen molar-refractivity contribution in [1.82, 2.24) is 10.3 Å². The number of ether oxygens (including phenoxy) is 1. The second-order valence-corrected chi connectivity index (χ2v) is 4.75. The number of benzene rings is 1. The van der Waals surface area contributed by atoms with Crippen LogP contribution in [0, 0.1) is 6.92 Å². The highest BCUT2D eigenvalue weighted by Crippen LogP contribution is 2.10. The lowest BCUT2D eigenvalue weighted by molar-refractivity contribution is 0.0948. The Morgan fingerprint density at radius 3 is 2.62 bits per heavy atom. The molecule has 2 aromatic rings. The molecule has 0 spiro atoms. The van der Waals surface area contributed by atoms with Crippen molar-refractivity contribution in [2.24, 2.45) is 0 Å². The third-order valence-electron chi connectivity index (χ3n) is 3.25. The number of methoxy groups -OCH3 is 1. The van der Waals surface area contributed by atoms with Crippen molar-refractivity contribution in [3.05, 3.63) is 69.1 Å². The SMILES string of the molecule is COCc1ccccc1CNC(=O)c1c(C)cc[nH]c1=O. The molecule has 5 heteroatoms. The van der Waals surface area contributed by atoms with E-state index in [-0.39, 0.29) is 17.0 Å². The molecule has 1 amide bonds. The summed E-state index contributed by atoms with van der Waals surface area (Å²) in [6.45, 7) is 2.58. The van der Waals surface area contributed by atoms with Crippen LogP contribution in [-0.4, -0.2) is 18.0 Å². The highest BCUT2D eigenvalue weighted by atomic mass is 16.5. The molecule has 5 nitrogen and oxygen atoms in total. The average molecular weight is 286 g/mol. The number of pyridine rings is 1. The Hall–Kier alpha value is -2.40. The minimum Gasteiger partial charge on any atom is -0.380 e. The highest BCUT2D eigenvalue weighted by molar-refractivity contribution is 5.95. The molecule has 1 aromatic heterocycles. The Labute approximate surface area is 123 Å². The van der Waals surface area contributed by atoms with Crippen LogP contribution in [0.2, 0.25) is 0 Å². The molecule has 2 N–H and O–H groups in total. The van der Waals surface area contributed by atoms with Gasteiger partial charge in [-0.1, -0.05) is 24.3 Å². The number of carbonyl (C=O) groups is 1. The van der Waals surface area contributed by atoms with Gasteiger partial charge in [0.1, 0.15) is 5.56 Å². The van der Waals surface area contributed by atoms with Crippen LogP contribution in [0.25, 0.3) is 0 Å². The first kappa shape index (κ1) is 15.0. The minimum absolute atomic E-state index is 0.154. The molecule has 2 rings (SSSR count). The van der Waals surface area contributed by atoms with Crippen molar-refractivity contribution < 1.29 is 9.53 Å². The van der Waals surface area contributed by atoms with Crippen LogP contribution in [0.15, 0.2) is 41.3 Å². The molecule has 0 unspecified atom stereocenters. The van der Waals surface area contributed by atoms with Crippen molar-refractivity contribution >= 4 is 5.91 Å². The van der Waals surface area contributed by atoms with Gasteiger partial charge in [-0.25, -0.2) is 0 Å². The summed E-state index contributed by atoms with van der Waals surface area (Å²) in [6.07, 6.45) is 1.53. The van der Waals surface area contributed by atoms with E-state index in [2.05, 4.69) is 10.3 Å². The van der Waals surface area contributed by atoms with E-state index in [1.807, 2.05) is 24.3 Å². The summed E-state index contributed by atoms with van der Waals surface area (Å²) in [5, 5.41) is 2.78. The molecule has 21 heavy (non-hydrogen) atoms. The van der Waals surface area contributed by atoms with Crippen LogP contribution in [-0.2, 0) is 17.9 Å². The molecule has 0 aliphatic heterocycles. The number of amides is 1. The van der Waals surface area contributed by atoms with Crippen molar-refractivity contribution in [3.63, 3.8) is 0 Å². The van der Waals surface area contributed by atoms with Crippen LogP contribution >= 0.6 is 0 Å². The van der Waals surface area contributed by atoms with E-state index in [9.17, 15) is 9.59 Å². The fourth-order valence-corrected chi connectivity index (χ4v) is 2.15. The molecule has 0 saturated carbocycles. The largest absolute Gasteiger partial charge is 0.380 e. The molecule has 1 aromatic carbocycles. The van der Waals surface area contributed by atoms with E-state index < -0.39 is 0 Å². The maximum Gasteiger partial charge on any atom is 0.261 e. The summed E-state index contributed by atoms with van der Waals surface area (Å²) in [5.74, 6) is -0.374. The van der Waals surface area contributed by atoms with Crippen molar-refractivity contribution in [3.8, 4) is 0 Å². The number of nitrogens with one attached hydrogen (secondary N) is 2. The predicted octanol–water partition coefficient (Wildman–Crippen LogP) is 1.76. The van der Waals surface area contributed by atoms with E-state index in [1.165, 1.54) is 6.20 Å². The average Bonchev–Trinajstić information content (AvgIpc) is 2.46. The van der Waals surface area contributed by atoms with Gasteiger partial charge < -0.3 is 15.0 Å². The third kappa shape index (κ3) is 3.58. The van der Waals surface area contributed by atoms with Gasteiger partial charge in [0.05, 0.1) is 6.61 Å². The summed E-state index contributed by atoms with van der Waals surface area (Å²) in [5.41, 5.74) is 2.41. The summed E-state index contributed by atoms with van der Waals surface area (Å²) < 4.78 is 5.13. The van der Waals surface area contributed by atoms with Crippen LogP contribution in [0.5, 0.6) is 0 Å². The molecule has 0 radical (unpaired) electrons. The lowest BCUT2D eigenvalue weighted by atomic mass is 10.1. The number of hydrogen-bond acceptors (Lipinski definition) is 3. The maximum absolute atomic E-state index is 12.2. The van der Waals surface area contributed by atoms with Gasteiger partial charge in [0, 0.05) is 19.9 Å². The zero-order valence-electron chi connectivity index (χ0n) is 12.1. The van der Waals surface area contributed by atoms with Crippen molar-refractivity contribution in [2.75, 3.05) is 7.11 Å². The topological polar surface area (TPSA) is 71.2 Å². The zero-order chi connectivity index (χ0) is 15.2. The second-order valence-electron chi connectivity index (χ2n) is 4.75. The normalized spacial score (nSPS) is 10.4. The lowest BCUT2D eigenvalue weighted by Gasteiger charge is -2.10. The van der Waals surface area contributed by atoms with E-state index in [0.717, 1.165) is 11.1 Å². The molecule has 110 valence electrons. The maximum atomic E-state index is 12.2. The van der Waals surface area contributed by atoms with Gasteiger partial charge in [-0.15, -0.1) is 0 Å². The third-order valence-corrected chi connectivity index (χ3v) is 3.25. The minimum atomic E-state index is -0.377. The van der Waals surface area contributed by atoms with Crippen molar-refractivity contribution in [1.29, 1.82) is 0 Å². The monoisotopic (exact) mass is 286 g/mol. The smallest absolute Gasteiger partial charge is 0.261 e. The van der Waals surface area contributed by atoms with Gasteiger partial charge in [0.2, 0.25) is 0 Å². The van der Waals surface area contributed by atoms with Crippen LogP contribution in [0.4, 0.5) is 0 Å². The van der Waals surface area contributed by atoms with Gasteiger partial charge >= 0.3 is 0 Å². The van der Waals surface area contributed by atoms with Crippen molar-refractivity contribution in [2.45, 2.75) is 20.1 Å². The number of aryl methyl sites for hydroxylation is 1. The summed E-state index contributed by atoms with van der Waals surface area (Å²) in [4.78, 5) is 26.4. The molecule has 1 heterocycles. The van der Waals surface area contributed by atoms with Gasteiger partial charge in [-0.05, 0) is 29.7 Å². The fourth-order valence-electron chi connectivity index (χ4n) is 2.15. The Balaban J connectivity index is 2.13. The molecule has 0 saturated heterocycles. The summed E-state index contributed by atoms with van der Waals surface area (Å²) in [6, 6.07) is 9.41. The first-order valence-electron chi connectivity index (χ1n) is 6.65. The summed E-state index contributed by atoms with van der Waals surface area (Å²) >= 11 is 0. The van der Waals surface area contributed by atoms with E-state index in [0.29, 0.717) is 18.7 Å². The Bertz CT molecular complexity index is 692. The molecule has 0 bridgehead atoms. The summed E-state index contributed by atoms with van der Waals surface area (Å²) in [7, 11) is 1.63. The predicted molar refractivity (Wildman–Crippen MR) is 80.1 cm³/mol. The van der Waals surface area contributed by atoms with Crippen LogP contribution in [0.1, 0.15) is 27.0 Å².